The van der Waals surface area contributed by atoms with Gasteiger partial charge in [0.2, 0.25) is 5.91 Å². The van der Waals surface area contributed by atoms with Crippen LogP contribution in [0.3, 0.4) is 0 Å². The summed E-state index contributed by atoms with van der Waals surface area (Å²) in [5.41, 5.74) is 2.63. The minimum atomic E-state index is -0.450. The molecule has 0 bridgehead atoms. The second-order valence-corrected chi connectivity index (χ2v) is 6.18. The first kappa shape index (κ1) is 16.7. The van der Waals surface area contributed by atoms with E-state index in [0.29, 0.717) is 5.69 Å². The number of thioether (sulfide) groups is 1. The molecule has 0 radical (unpaired) electrons. The number of aromatic amines is 1. The molecule has 0 atom stereocenters. The number of hydrogen-bond acceptors (Lipinski definition) is 5. The second kappa shape index (κ2) is 7.63. The van der Waals surface area contributed by atoms with Gasteiger partial charge in [0.25, 0.3) is 5.69 Å². The highest BCUT2D eigenvalue weighted by molar-refractivity contribution is 8.00. The molecule has 1 amide bonds. The average Bonchev–Trinajstić information content (AvgIpc) is 3.15. The topological polar surface area (TPSA) is 101 Å². The lowest BCUT2D eigenvalue weighted by molar-refractivity contribution is -0.384. The number of hydrogen-bond donors (Lipinski definition) is 2. The van der Waals surface area contributed by atoms with Gasteiger partial charge in [0.15, 0.2) is 0 Å². The Labute approximate surface area is 147 Å². The molecule has 3 aromatic rings. The van der Waals surface area contributed by atoms with E-state index in [-0.39, 0.29) is 17.3 Å². The summed E-state index contributed by atoms with van der Waals surface area (Å²) in [6, 6.07) is 15.4. The molecule has 2 N–H and O–H groups in total. The van der Waals surface area contributed by atoms with Crippen LogP contribution in [0, 0.1) is 10.1 Å². The van der Waals surface area contributed by atoms with Crippen LogP contribution in [0.25, 0.3) is 11.3 Å². The second-order valence-electron chi connectivity index (χ2n) is 5.14. The molecule has 0 unspecified atom stereocenters. The van der Waals surface area contributed by atoms with Crippen LogP contribution in [0.4, 0.5) is 11.4 Å². The van der Waals surface area contributed by atoms with Crippen LogP contribution < -0.4 is 5.32 Å². The molecular weight excluding hydrogens is 340 g/mol. The number of non-ortho nitro benzene ring substituents is 1. The number of benzene rings is 2. The number of H-pyrrole nitrogens is 1. The zero-order chi connectivity index (χ0) is 17.6. The van der Waals surface area contributed by atoms with E-state index in [1.165, 1.54) is 23.9 Å². The van der Waals surface area contributed by atoms with Crippen molar-refractivity contribution in [3.05, 3.63) is 70.9 Å². The summed E-state index contributed by atoms with van der Waals surface area (Å²) < 4.78 is 0. The summed E-state index contributed by atoms with van der Waals surface area (Å²) >= 11 is 1.32. The molecule has 0 aliphatic heterocycles. The van der Waals surface area contributed by atoms with E-state index >= 15 is 0 Å². The zero-order valence-electron chi connectivity index (χ0n) is 13.0. The first-order valence-corrected chi connectivity index (χ1v) is 8.37. The lowest BCUT2D eigenvalue weighted by Gasteiger charge is -2.06. The van der Waals surface area contributed by atoms with Gasteiger partial charge in [0.1, 0.15) is 0 Å². The van der Waals surface area contributed by atoms with Crippen molar-refractivity contribution < 1.29 is 9.72 Å². The molecule has 0 aliphatic carbocycles. The highest BCUT2D eigenvalue weighted by atomic mass is 32.2. The third-order valence-electron chi connectivity index (χ3n) is 3.40. The molecular formula is C17H14N4O3S. The Kier molecular flexibility index (Phi) is 5.10. The Morgan fingerprint density at radius 1 is 1.12 bits per heavy atom. The Bertz CT molecular complexity index is 862. The Balaban J connectivity index is 1.53. The maximum atomic E-state index is 12.0. The molecule has 0 spiro atoms. The van der Waals surface area contributed by atoms with Crippen LogP contribution in [0.5, 0.6) is 0 Å². The van der Waals surface area contributed by atoms with E-state index in [1.54, 1.807) is 18.3 Å². The fraction of sp³-hybridized carbons (Fsp3) is 0.0588. The van der Waals surface area contributed by atoms with Gasteiger partial charge < -0.3 is 5.32 Å². The fourth-order valence-corrected chi connectivity index (χ4v) is 2.86. The van der Waals surface area contributed by atoms with Crippen molar-refractivity contribution in [1.82, 2.24) is 10.2 Å². The maximum Gasteiger partial charge on any atom is 0.269 e. The predicted octanol–water partition coefficient (Wildman–Crippen LogP) is 3.72. The maximum absolute atomic E-state index is 12.0. The van der Waals surface area contributed by atoms with Crippen LogP contribution >= 0.6 is 11.8 Å². The van der Waals surface area contributed by atoms with E-state index in [9.17, 15) is 14.9 Å². The number of amides is 1. The Morgan fingerprint density at radius 3 is 2.44 bits per heavy atom. The van der Waals surface area contributed by atoms with E-state index < -0.39 is 4.92 Å². The predicted molar refractivity (Wildman–Crippen MR) is 96.5 cm³/mol. The van der Waals surface area contributed by atoms with Gasteiger partial charge in [-0.15, -0.1) is 11.8 Å². The fourth-order valence-electron chi connectivity index (χ4n) is 2.16. The lowest BCUT2D eigenvalue weighted by Crippen LogP contribution is -2.13. The van der Waals surface area contributed by atoms with Crippen LogP contribution in [0.15, 0.2) is 65.7 Å². The monoisotopic (exact) mass is 354 g/mol. The van der Waals surface area contributed by atoms with E-state index in [0.717, 1.165) is 16.2 Å². The number of carbonyl (C=O) groups is 1. The van der Waals surface area contributed by atoms with Gasteiger partial charge in [-0.25, -0.2) is 0 Å². The molecule has 3 rings (SSSR count). The highest BCUT2D eigenvalue weighted by Crippen LogP contribution is 2.22. The van der Waals surface area contributed by atoms with Gasteiger partial charge in [0.05, 0.1) is 16.4 Å². The van der Waals surface area contributed by atoms with Gasteiger partial charge in [-0.2, -0.15) is 5.10 Å². The number of nitrogens with one attached hydrogen (secondary N) is 2. The van der Waals surface area contributed by atoms with Crippen LogP contribution in [0.1, 0.15) is 0 Å². The van der Waals surface area contributed by atoms with Gasteiger partial charge in [-0.1, -0.05) is 12.1 Å². The van der Waals surface area contributed by atoms with Crippen molar-refractivity contribution in [3.8, 4) is 11.3 Å². The normalized spacial score (nSPS) is 10.4. The zero-order valence-corrected chi connectivity index (χ0v) is 13.8. The molecule has 2 aromatic carbocycles. The summed E-state index contributed by atoms with van der Waals surface area (Å²) in [6.45, 7) is 0. The molecule has 1 aromatic heterocycles. The lowest BCUT2D eigenvalue weighted by atomic mass is 10.1. The van der Waals surface area contributed by atoms with Crippen molar-refractivity contribution in [2.24, 2.45) is 0 Å². The summed E-state index contributed by atoms with van der Waals surface area (Å²) in [5.74, 6) is 0.0813. The summed E-state index contributed by atoms with van der Waals surface area (Å²) in [6.07, 6.45) is 1.68. The molecule has 0 saturated heterocycles. The van der Waals surface area contributed by atoms with Gasteiger partial charge in [-0.05, 0) is 35.9 Å². The molecule has 1 heterocycles. The minimum Gasteiger partial charge on any atom is -0.325 e. The highest BCUT2D eigenvalue weighted by Gasteiger charge is 2.07. The van der Waals surface area contributed by atoms with Crippen molar-refractivity contribution >= 4 is 29.0 Å². The van der Waals surface area contributed by atoms with Crippen molar-refractivity contribution in [1.29, 1.82) is 0 Å². The van der Waals surface area contributed by atoms with Crippen molar-refractivity contribution in [2.75, 3.05) is 11.1 Å². The van der Waals surface area contributed by atoms with Crippen molar-refractivity contribution in [2.45, 2.75) is 4.90 Å². The van der Waals surface area contributed by atoms with Crippen LogP contribution in [-0.4, -0.2) is 26.8 Å². The minimum absolute atomic E-state index is 0.0335. The van der Waals surface area contributed by atoms with E-state index in [4.69, 9.17) is 0 Å². The molecule has 0 fully saturated rings. The summed E-state index contributed by atoms with van der Waals surface area (Å²) in [4.78, 5) is 23.0. The quantitative estimate of drug-likeness (QED) is 0.399. The third kappa shape index (κ3) is 4.45. The van der Waals surface area contributed by atoms with E-state index in [1.807, 2.05) is 30.3 Å². The molecule has 0 saturated carbocycles. The standard InChI is InChI=1S/C17H14N4O3S/c22-17(11-25-15-7-5-14(6-8-15)21(23)24)19-13-3-1-12(2-4-13)16-9-10-18-20-16/h1-10H,11H2,(H,18,20)(H,19,22). The first-order valence-electron chi connectivity index (χ1n) is 7.39. The Morgan fingerprint density at radius 2 is 1.84 bits per heavy atom. The van der Waals surface area contributed by atoms with Crippen LogP contribution in [0.2, 0.25) is 0 Å². The number of nitro groups is 1. The summed E-state index contributed by atoms with van der Waals surface area (Å²) in [5, 5.41) is 20.2. The molecule has 25 heavy (non-hydrogen) atoms. The largest absolute Gasteiger partial charge is 0.325 e. The van der Waals surface area contributed by atoms with Gasteiger partial charge >= 0.3 is 0 Å². The number of nitrogens with zero attached hydrogens (tertiary/aromatic N) is 2. The average molecular weight is 354 g/mol. The summed E-state index contributed by atoms with van der Waals surface area (Å²) in [7, 11) is 0. The van der Waals surface area contributed by atoms with Crippen LogP contribution in [-0.2, 0) is 4.79 Å². The number of anilines is 1. The van der Waals surface area contributed by atoms with Crippen molar-refractivity contribution in [3.63, 3.8) is 0 Å². The first-order chi connectivity index (χ1) is 12.1. The smallest absolute Gasteiger partial charge is 0.269 e. The van der Waals surface area contributed by atoms with Gasteiger partial charge in [0, 0.05) is 28.9 Å². The molecule has 8 heteroatoms. The molecule has 126 valence electrons. The SMILES string of the molecule is O=C(CSc1ccc([N+](=O)[O-])cc1)Nc1ccc(-c2ccn[nH]2)cc1. The number of nitro benzene ring substituents is 1. The number of carbonyl (C=O) groups excluding carboxylic acids is 1. The third-order valence-corrected chi connectivity index (χ3v) is 4.41. The molecule has 7 nitrogen and oxygen atoms in total. The molecule has 0 aliphatic rings. The van der Waals surface area contributed by atoms with E-state index in [2.05, 4.69) is 15.5 Å². The van der Waals surface area contributed by atoms with Gasteiger partial charge in [-0.3, -0.25) is 20.0 Å². The Hall–Kier alpha value is -3.13. The number of rotatable bonds is 6. The number of aromatic nitrogens is 2.